The van der Waals surface area contributed by atoms with E-state index in [1.807, 2.05) is 24.3 Å². The quantitative estimate of drug-likeness (QED) is 0.856. The van der Waals surface area contributed by atoms with Gasteiger partial charge < -0.3 is 10.6 Å². The van der Waals surface area contributed by atoms with Gasteiger partial charge in [0.05, 0.1) is 11.0 Å². The van der Waals surface area contributed by atoms with Crippen molar-refractivity contribution < 1.29 is 0 Å². The average molecular weight is 271 g/mol. The van der Waals surface area contributed by atoms with Gasteiger partial charge in [-0.25, -0.2) is 9.97 Å². The van der Waals surface area contributed by atoms with Gasteiger partial charge in [-0.2, -0.15) is 0 Å². The Morgan fingerprint density at radius 2 is 1.75 bits per heavy atom. The number of benzene rings is 1. The standard InChI is InChI=1S/C15H21N5/c1-15(2)10-20(9-8-19(15)3)14-13(16)17-11-6-4-5-7-12(11)18-14/h4-7H,8-10H2,1-3H3,(H2,16,17). The van der Waals surface area contributed by atoms with Gasteiger partial charge >= 0.3 is 0 Å². The van der Waals surface area contributed by atoms with Gasteiger partial charge in [-0.3, -0.25) is 4.90 Å². The molecule has 5 heteroatoms. The first-order valence-electron chi connectivity index (χ1n) is 6.96. The minimum Gasteiger partial charge on any atom is -0.381 e. The van der Waals surface area contributed by atoms with E-state index in [1.165, 1.54) is 0 Å². The van der Waals surface area contributed by atoms with Crippen molar-refractivity contribution in [3.63, 3.8) is 0 Å². The van der Waals surface area contributed by atoms with E-state index in [0.717, 1.165) is 36.5 Å². The van der Waals surface area contributed by atoms with Gasteiger partial charge in [0.1, 0.15) is 0 Å². The van der Waals surface area contributed by atoms with Crippen molar-refractivity contribution in [2.75, 3.05) is 37.3 Å². The van der Waals surface area contributed by atoms with E-state index in [1.54, 1.807) is 0 Å². The number of fused-ring (bicyclic) bond motifs is 1. The van der Waals surface area contributed by atoms with Crippen LogP contribution in [0.5, 0.6) is 0 Å². The number of hydrogen-bond acceptors (Lipinski definition) is 5. The molecule has 1 aliphatic rings. The van der Waals surface area contributed by atoms with Gasteiger partial charge in [-0.05, 0) is 33.0 Å². The largest absolute Gasteiger partial charge is 0.381 e. The molecule has 0 radical (unpaired) electrons. The molecule has 0 bridgehead atoms. The molecule has 0 amide bonds. The number of hydrogen-bond donors (Lipinski definition) is 1. The SMILES string of the molecule is CN1CCN(c2nc3ccccc3nc2N)CC1(C)C. The number of nitrogens with two attached hydrogens (primary N) is 1. The maximum Gasteiger partial charge on any atom is 0.172 e. The molecular weight excluding hydrogens is 250 g/mol. The van der Waals surface area contributed by atoms with Gasteiger partial charge in [-0.15, -0.1) is 0 Å². The summed E-state index contributed by atoms with van der Waals surface area (Å²) in [6.07, 6.45) is 0. The summed E-state index contributed by atoms with van der Waals surface area (Å²) in [7, 11) is 2.16. The van der Waals surface area contributed by atoms with Crippen LogP contribution in [0, 0.1) is 0 Å². The number of piperazine rings is 1. The number of aromatic nitrogens is 2. The summed E-state index contributed by atoms with van der Waals surface area (Å²) in [5.41, 5.74) is 7.97. The van der Waals surface area contributed by atoms with Crippen LogP contribution in [-0.4, -0.2) is 47.1 Å². The maximum absolute atomic E-state index is 6.11. The Balaban J connectivity index is 2.00. The molecule has 0 saturated carbocycles. The normalized spacial score (nSPS) is 19.4. The Morgan fingerprint density at radius 3 is 2.40 bits per heavy atom. The molecule has 1 aliphatic heterocycles. The Hall–Kier alpha value is -1.88. The van der Waals surface area contributed by atoms with Crippen LogP contribution in [0.2, 0.25) is 0 Å². The van der Waals surface area contributed by atoms with Gasteiger partial charge in [0.25, 0.3) is 0 Å². The van der Waals surface area contributed by atoms with E-state index >= 15 is 0 Å². The van der Waals surface area contributed by atoms with Crippen LogP contribution in [0.15, 0.2) is 24.3 Å². The van der Waals surface area contributed by atoms with E-state index in [2.05, 4.69) is 35.7 Å². The second-order valence-electron chi connectivity index (χ2n) is 6.08. The molecule has 2 N–H and O–H groups in total. The molecule has 1 aromatic carbocycles. The first-order valence-corrected chi connectivity index (χ1v) is 6.96. The smallest absolute Gasteiger partial charge is 0.172 e. The summed E-state index contributed by atoms with van der Waals surface area (Å²) in [6.45, 7) is 7.31. The predicted octanol–water partition coefficient (Wildman–Crippen LogP) is 1.74. The highest BCUT2D eigenvalue weighted by molar-refractivity contribution is 5.79. The molecule has 0 atom stereocenters. The molecule has 2 aromatic rings. The van der Waals surface area contributed by atoms with Crippen molar-refractivity contribution in [1.29, 1.82) is 0 Å². The molecule has 20 heavy (non-hydrogen) atoms. The third-order valence-corrected chi connectivity index (χ3v) is 4.19. The molecule has 3 rings (SSSR count). The summed E-state index contributed by atoms with van der Waals surface area (Å²) >= 11 is 0. The first kappa shape index (κ1) is 13.1. The Labute approximate surface area is 119 Å². The highest BCUT2D eigenvalue weighted by Crippen LogP contribution is 2.27. The minimum atomic E-state index is 0.109. The van der Waals surface area contributed by atoms with Crippen molar-refractivity contribution in [2.45, 2.75) is 19.4 Å². The third-order valence-electron chi connectivity index (χ3n) is 4.19. The highest BCUT2D eigenvalue weighted by atomic mass is 15.3. The summed E-state index contributed by atoms with van der Waals surface area (Å²) in [6, 6.07) is 7.85. The molecule has 0 unspecified atom stereocenters. The van der Waals surface area contributed by atoms with Crippen LogP contribution >= 0.6 is 0 Å². The van der Waals surface area contributed by atoms with Crippen LogP contribution in [0.25, 0.3) is 11.0 Å². The highest BCUT2D eigenvalue weighted by Gasteiger charge is 2.32. The summed E-state index contributed by atoms with van der Waals surface area (Å²) in [5, 5.41) is 0. The predicted molar refractivity (Wildman–Crippen MR) is 82.9 cm³/mol. The average Bonchev–Trinajstić information content (AvgIpc) is 2.41. The molecule has 1 aromatic heterocycles. The summed E-state index contributed by atoms with van der Waals surface area (Å²) in [4.78, 5) is 13.8. The van der Waals surface area contributed by atoms with Gasteiger partial charge in [0.2, 0.25) is 0 Å². The third kappa shape index (κ3) is 2.18. The lowest BCUT2D eigenvalue weighted by molar-refractivity contribution is 0.138. The van der Waals surface area contributed by atoms with Crippen LogP contribution in [0.4, 0.5) is 11.6 Å². The fourth-order valence-corrected chi connectivity index (χ4v) is 2.66. The van der Waals surface area contributed by atoms with Crippen LogP contribution in [0.1, 0.15) is 13.8 Å². The van der Waals surface area contributed by atoms with Crippen molar-refractivity contribution >= 4 is 22.7 Å². The zero-order valence-corrected chi connectivity index (χ0v) is 12.3. The minimum absolute atomic E-state index is 0.109. The molecule has 2 heterocycles. The lowest BCUT2D eigenvalue weighted by Crippen LogP contribution is -2.58. The topological polar surface area (TPSA) is 58.3 Å². The molecule has 5 nitrogen and oxygen atoms in total. The van der Waals surface area contributed by atoms with Crippen molar-refractivity contribution in [3.8, 4) is 0 Å². The number of nitrogens with zero attached hydrogens (tertiary/aromatic N) is 4. The second kappa shape index (κ2) is 4.59. The van der Waals surface area contributed by atoms with E-state index in [4.69, 9.17) is 10.7 Å². The number of rotatable bonds is 1. The molecule has 1 fully saturated rings. The lowest BCUT2D eigenvalue weighted by atomic mass is 10.00. The Bertz CT molecular complexity index is 637. The van der Waals surface area contributed by atoms with E-state index in [-0.39, 0.29) is 5.54 Å². The zero-order valence-electron chi connectivity index (χ0n) is 12.3. The fraction of sp³-hybridized carbons (Fsp3) is 0.467. The van der Waals surface area contributed by atoms with Crippen molar-refractivity contribution in [1.82, 2.24) is 14.9 Å². The number of anilines is 2. The molecule has 1 saturated heterocycles. The van der Waals surface area contributed by atoms with Crippen molar-refractivity contribution in [3.05, 3.63) is 24.3 Å². The summed E-state index contributed by atoms with van der Waals surface area (Å²) < 4.78 is 0. The van der Waals surface area contributed by atoms with Gasteiger partial charge in [-0.1, -0.05) is 12.1 Å². The Morgan fingerprint density at radius 1 is 1.10 bits per heavy atom. The molecule has 0 spiro atoms. The second-order valence-corrected chi connectivity index (χ2v) is 6.08. The van der Waals surface area contributed by atoms with Gasteiger partial charge in [0, 0.05) is 25.2 Å². The number of para-hydroxylation sites is 2. The Kier molecular flexibility index (Phi) is 3.01. The van der Waals surface area contributed by atoms with Crippen molar-refractivity contribution in [2.24, 2.45) is 0 Å². The van der Waals surface area contributed by atoms with E-state index < -0.39 is 0 Å². The zero-order chi connectivity index (χ0) is 14.3. The van der Waals surface area contributed by atoms with E-state index in [0.29, 0.717) is 5.82 Å². The van der Waals surface area contributed by atoms with Gasteiger partial charge in [0.15, 0.2) is 11.6 Å². The van der Waals surface area contributed by atoms with Crippen LogP contribution < -0.4 is 10.6 Å². The lowest BCUT2D eigenvalue weighted by Gasteiger charge is -2.45. The molecule has 0 aliphatic carbocycles. The summed E-state index contributed by atoms with van der Waals surface area (Å²) in [5.74, 6) is 1.33. The maximum atomic E-state index is 6.11. The molecular formula is C15H21N5. The first-order chi connectivity index (χ1) is 9.47. The van der Waals surface area contributed by atoms with E-state index in [9.17, 15) is 0 Å². The fourth-order valence-electron chi connectivity index (χ4n) is 2.66. The van der Waals surface area contributed by atoms with Crippen LogP contribution in [-0.2, 0) is 0 Å². The number of likely N-dealkylation sites (N-methyl/N-ethyl adjacent to an activating group) is 1. The van der Waals surface area contributed by atoms with Crippen LogP contribution in [0.3, 0.4) is 0 Å². The number of nitrogen functional groups attached to an aromatic ring is 1. The monoisotopic (exact) mass is 271 g/mol. The molecule has 106 valence electrons.